The van der Waals surface area contributed by atoms with Crippen LogP contribution in [-0.4, -0.2) is 18.8 Å². The largest absolute Gasteiger partial charge is 0.496 e. The molecule has 6 heteroatoms. The van der Waals surface area contributed by atoms with Crippen molar-refractivity contribution in [1.82, 2.24) is 0 Å². The number of para-hydroxylation sites is 1. The maximum atomic E-state index is 12.0. The number of nitrogens with two attached hydrogens (primary N) is 1. The zero-order valence-electron chi connectivity index (χ0n) is 11.4. The number of carbonyl (C=O) groups excluding carboxylic acids is 1. The van der Waals surface area contributed by atoms with Crippen LogP contribution in [0, 0.1) is 0 Å². The van der Waals surface area contributed by atoms with Gasteiger partial charge >= 0.3 is 0 Å². The average Bonchev–Trinajstić information content (AvgIpc) is 2.48. The predicted molar refractivity (Wildman–Crippen MR) is 88.2 cm³/mol. The van der Waals surface area contributed by atoms with E-state index in [0.29, 0.717) is 16.4 Å². The molecule has 0 aliphatic rings. The molecule has 2 aromatic rings. The minimum absolute atomic E-state index is 0.139. The first-order valence-electron chi connectivity index (χ1n) is 6.21. The van der Waals surface area contributed by atoms with Crippen LogP contribution < -0.4 is 15.8 Å². The third-order valence-corrected chi connectivity index (χ3v) is 4.01. The van der Waals surface area contributed by atoms with Crippen molar-refractivity contribution in [2.24, 2.45) is 0 Å². The maximum Gasteiger partial charge on any atom is 0.234 e. The molecule has 0 spiro atoms. The highest BCUT2D eigenvalue weighted by atomic mass is 35.5. The van der Waals surface area contributed by atoms with E-state index in [0.717, 1.165) is 10.6 Å². The molecule has 0 heterocycles. The first-order chi connectivity index (χ1) is 10.1. The molecule has 110 valence electrons. The van der Waals surface area contributed by atoms with E-state index >= 15 is 0 Å². The van der Waals surface area contributed by atoms with Crippen LogP contribution in [0.1, 0.15) is 0 Å². The normalized spacial score (nSPS) is 10.2. The van der Waals surface area contributed by atoms with Crippen LogP contribution in [0.2, 0.25) is 5.02 Å². The molecule has 0 aromatic heterocycles. The smallest absolute Gasteiger partial charge is 0.234 e. The van der Waals surface area contributed by atoms with Gasteiger partial charge in [0.15, 0.2) is 0 Å². The van der Waals surface area contributed by atoms with E-state index in [-0.39, 0.29) is 11.7 Å². The Balaban J connectivity index is 1.96. The van der Waals surface area contributed by atoms with Gasteiger partial charge in [0.1, 0.15) is 5.75 Å². The van der Waals surface area contributed by atoms with Gasteiger partial charge in [-0.1, -0.05) is 23.7 Å². The van der Waals surface area contributed by atoms with Gasteiger partial charge in [-0.2, -0.15) is 0 Å². The number of methoxy groups -OCH3 is 1. The lowest BCUT2D eigenvalue weighted by Gasteiger charge is -2.10. The molecule has 4 nitrogen and oxygen atoms in total. The summed E-state index contributed by atoms with van der Waals surface area (Å²) in [7, 11) is 1.61. The Morgan fingerprint density at radius 1 is 1.33 bits per heavy atom. The topological polar surface area (TPSA) is 64.3 Å². The van der Waals surface area contributed by atoms with E-state index < -0.39 is 0 Å². The molecule has 0 aliphatic carbocycles. The SMILES string of the molecule is COc1ccccc1SCC(=O)Nc1ccc(Cl)cc1N. The summed E-state index contributed by atoms with van der Waals surface area (Å²) in [5.41, 5.74) is 6.80. The molecule has 0 unspecified atom stereocenters. The Labute approximate surface area is 132 Å². The summed E-state index contributed by atoms with van der Waals surface area (Å²) >= 11 is 7.22. The number of benzene rings is 2. The van der Waals surface area contributed by atoms with E-state index in [4.69, 9.17) is 22.1 Å². The van der Waals surface area contributed by atoms with Crippen LogP contribution in [0.5, 0.6) is 5.75 Å². The van der Waals surface area contributed by atoms with Crippen molar-refractivity contribution >= 4 is 40.6 Å². The summed E-state index contributed by atoms with van der Waals surface area (Å²) in [6, 6.07) is 12.5. The fraction of sp³-hybridized carbons (Fsp3) is 0.133. The molecule has 0 aliphatic heterocycles. The fourth-order valence-corrected chi connectivity index (χ4v) is 2.72. The number of halogens is 1. The molecule has 3 N–H and O–H groups in total. The highest BCUT2D eigenvalue weighted by Gasteiger charge is 2.08. The Morgan fingerprint density at radius 3 is 2.81 bits per heavy atom. The number of thioether (sulfide) groups is 1. The predicted octanol–water partition coefficient (Wildman–Crippen LogP) is 3.66. The first-order valence-corrected chi connectivity index (χ1v) is 7.57. The minimum Gasteiger partial charge on any atom is -0.496 e. The lowest BCUT2D eigenvalue weighted by Crippen LogP contribution is -2.15. The van der Waals surface area contributed by atoms with E-state index in [1.165, 1.54) is 11.8 Å². The van der Waals surface area contributed by atoms with Crippen LogP contribution in [0.3, 0.4) is 0 Å². The van der Waals surface area contributed by atoms with Gasteiger partial charge in [-0.25, -0.2) is 0 Å². The van der Waals surface area contributed by atoms with Gasteiger partial charge in [0.25, 0.3) is 0 Å². The lowest BCUT2D eigenvalue weighted by atomic mass is 10.2. The molecule has 0 saturated heterocycles. The molecule has 0 bridgehead atoms. The van der Waals surface area contributed by atoms with Gasteiger partial charge in [0.2, 0.25) is 5.91 Å². The molecule has 0 fully saturated rings. The van der Waals surface area contributed by atoms with Gasteiger partial charge in [-0.05, 0) is 30.3 Å². The fourth-order valence-electron chi connectivity index (χ4n) is 1.72. The van der Waals surface area contributed by atoms with Crippen LogP contribution in [-0.2, 0) is 4.79 Å². The van der Waals surface area contributed by atoms with Crippen LogP contribution in [0.25, 0.3) is 0 Å². The van der Waals surface area contributed by atoms with Crippen molar-refractivity contribution in [2.75, 3.05) is 23.9 Å². The summed E-state index contributed by atoms with van der Waals surface area (Å²) in [5, 5.41) is 3.30. The summed E-state index contributed by atoms with van der Waals surface area (Å²) in [6.07, 6.45) is 0. The van der Waals surface area contributed by atoms with E-state index in [2.05, 4.69) is 5.32 Å². The quantitative estimate of drug-likeness (QED) is 0.651. The molecule has 2 rings (SSSR count). The first kappa shape index (κ1) is 15.5. The highest BCUT2D eigenvalue weighted by molar-refractivity contribution is 8.00. The lowest BCUT2D eigenvalue weighted by molar-refractivity contribution is -0.113. The van der Waals surface area contributed by atoms with Crippen molar-refractivity contribution in [1.29, 1.82) is 0 Å². The number of nitrogens with one attached hydrogen (secondary N) is 1. The number of amides is 1. The molecular formula is C15H15ClN2O2S. The summed E-state index contributed by atoms with van der Waals surface area (Å²) in [6.45, 7) is 0. The average molecular weight is 323 g/mol. The number of ether oxygens (including phenoxy) is 1. The van der Waals surface area contributed by atoms with Gasteiger partial charge in [-0.3, -0.25) is 4.79 Å². The Kier molecular flexibility index (Phi) is 5.36. The second-order valence-corrected chi connectivity index (χ2v) is 5.67. The Morgan fingerprint density at radius 2 is 2.10 bits per heavy atom. The van der Waals surface area contributed by atoms with Crippen molar-refractivity contribution in [3.05, 3.63) is 47.5 Å². The van der Waals surface area contributed by atoms with Crippen LogP contribution in [0.15, 0.2) is 47.4 Å². The van der Waals surface area contributed by atoms with Crippen molar-refractivity contribution < 1.29 is 9.53 Å². The minimum atomic E-state index is -0.139. The summed E-state index contributed by atoms with van der Waals surface area (Å²) in [4.78, 5) is 12.9. The third kappa shape index (κ3) is 4.31. The third-order valence-electron chi connectivity index (χ3n) is 2.72. The van der Waals surface area contributed by atoms with Crippen molar-refractivity contribution in [3.8, 4) is 5.75 Å². The molecule has 0 radical (unpaired) electrons. The van der Waals surface area contributed by atoms with Gasteiger partial charge in [0.05, 0.1) is 24.2 Å². The Bertz CT molecular complexity index is 649. The number of hydrogen-bond donors (Lipinski definition) is 2. The van der Waals surface area contributed by atoms with Crippen molar-refractivity contribution in [2.45, 2.75) is 4.90 Å². The zero-order valence-corrected chi connectivity index (χ0v) is 13.0. The highest BCUT2D eigenvalue weighted by Crippen LogP contribution is 2.29. The second kappa shape index (κ2) is 7.24. The number of hydrogen-bond acceptors (Lipinski definition) is 4. The summed E-state index contributed by atoms with van der Waals surface area (Å²) in [5.74, 6) is 0.879. The second-order valence-electron chi connectivity index (χ2n) is 4.22. The number of rotatable bonds is 5. The Hall–Kier alpha value is -1.85. The van der Waals surface area contributed by atoms with E-state index in [1.807, 2.05) is 24.3 Å². The van der Waals surface area contributed by atoms with Gasteiger partial charge in [-0.15, -0.1) is 11.8 Å². The van der Waals surface area contributed by atoms with Gasteiger partial charge < -0.3 is 15.8 Å². The monoisotopic (exact) mass is 322 g/mol. The summed E-state index contributed by atoms with van der Waals surface area (Å²) < 4.78 is 5.24. The number of carbonyl (C=O) groups is 1. The van der Waals surface area contributed by atoms with Crippen LogP contribution >= 0.6 is 23.4 Å². The molecule has 2 aromatic carbocycles. The van der Waals surface area contributed by atoms with E-state index in [9.17, 15) is 4.79 Å². The zero-order chi connectivity index (χ0) is 15.2. The molecule has 21 heavy (non-hydrogen) atoms. The van der Waals surface area contributed by atoms with E-state index in [1.54, 1.807) is 25.3 Å². The van der Waals surface area contributed by atoms with Crippen molar-refractivity contribution in [3.63, 3.8) is 0 Å². The molecule has 1 amide bonds. The molecule has 0 atom stereocenters. The molecule has 0 saturated carbocycles. The molecular weight excluding hydrogens is 308 g/mol. The van der Waals surface area contributed by atoms with Gasteiger partial charge in [0, 0.05) is 9.92 Å². The van der Waals surface area contributed by atoms with Crippen LogP contribution in [0.4, 0.5) is 11.4 Å². The maximum absolute atomic E-state index is 12.0. The number of anilines is 2. The number of nitrogen functional groups attached to an aromatic ring is 1. The standard InChI is InChI=1S/C15H15ClN2O2S/c1-20-13-4-2-3-5-14(13)21-9-15(19)18-12-7-6-10(16)8-11(12)17/h2-8H,9,17H2,1H3,(H,18,19).